The van der Waals surface area contributed by atoms with Crippen molar-refractivity contribution in [1.29, 1.82) is 0 Å². The molecular formula is C23H31ClN4O3S. The van der Waals surface area contributed by atoms with E-state index in [1.807, 2.05) is 42.5 Å². The number of pyridine rings is 1. The van der Waals surface area contributed by atoms with Gasteiger partial charge in [0.2, 0.25) is 10.0 Å². The summed E-state index contributed by atoms with van der Waals surface area (Å²) in [6, 6.07) is 18.1. The van der Waals surface area contributed by atoms with E-state index in [0.717, 1.165) is 66.1 Å². The lowest BCUT2D eigenvalue weighted by atomic mass is 10.1. The molecule has 2 aromatic carbocycles. The minimum Gasteiger partial charge on any atom is -0.497 e. The monoisotopic (exact) mass is 478 g/mol. The molecule has 0 bridgehead atoms. The zero-order chi connectivity index (χ0) is 22.1. The second kappa shape index (κ2) is 12.6. The van der Waals surface area contributed by atoms with Gasteiger partial charge in [-0.05, 0) is 62.3 Å². The minimum atomic E-state index is -3.10. The van der Waals surface area contributed by atoms with Gasteiger partial charge in [-0.1, -0.05) is 18.2 Å². The molecule has 3 N–H and O–H groups in total. The van der Waals surface area contributed by atoms with Crippen LogP contribution >= 0.6 is 12.4 Å². The van der Waals surface area contributed by atoms with E-state index >= 15 is 0 Å². The second-order valence-corrected chi connectivity index (χ2v) is 9.18. The molecule has 1 aromatic heterocycles. The van der Waals surface area contributed by atoms with Crippen LogP contribution in [0.1, 0.15) is 12.8 Å². The number of ether oxygens (including phenoxy) is 1. The van der Waals surface area contributed by atoms with E-state index in [2.05, 4.69) is 27.5 Å². The molecule has 0 aliphatic heterocycles. The topological polar surface area (TPSA) is 92.4 Å². The molecule has 0 aliphatic carbocycles. The maximum absolute atomic E-state index is 11.0. The molecule has 0 aliphatic rings. The van der Waals surface area contributed by atoms with Gasteiger partial charge in [0.25, 0.3) is 0 Å². The highest BCUT2D eigenvalue weighted by atomic mass is 35.5. The minimum absolute atomic E-state index is 0. The van der Waals surface area contributed by atoms with Gasteiger partial charge >= 0.3 is 0 Å². The standard InChI is InChI=1S/C23H30N4O3S.ClH/c1-30-19-11-9-18(10-12-19)22-17-23(20-7-3-4-8-21(20)27-22)25-15-5-13-24-14-6-16-26-31(2,28)29;/h3-4,7-12,17,24,26H,5-6,13-16H2,1-2H3,(H,25,27);1H. The molecule has 0 saturated heterocycles. The predicted octanol–water partition coefficient (Wildman–Crippen LogP) is 3.66. The van der Waals surface area contributed by atoms with Gasteiger partial charge in [-0.25, -0.2) is 18.1 Å². The molecule has 3 aromatic rings. The fourth-order valence-corrected chi connectivity index (χ4v) is 3.78. The number of methoxy groups -OCH3 is 1. The average molecular weight is 479 g/mol. The number of fused-ring (bicyclic) bond motifs is 1. The number of anilines is 1. The van der Waals surface area contributed by atoms with Crippen LogP contribution in [0.3, 0.4) is 0 Å². The Balaban J connectivity index is 0.00000363. The van der Waals surface area contributed by atoms with E-state index < -0.39 is 10.0 Å². The first-order valence-electron chi connectivity index (χ1n) is 10.4. The highest BCUT2D eigenvalue weighted by molar-refractivity contribution is 7.88. The van der Waals surface area contributed by atoms with Crippen LogP contribution in [-0.2, 0) is 10.0 Å². The molecule has 174 valence electrons. The van der Waals surface area contributed by atoms with E-state index in [1.54, 1.807) is 7.11 Å². The summed E-state index contributed by atoms with van der Waals surface area (Å²) in [6.45, 7) is 2.93. The van der Waals surface area contributed by atoms with Crippen LogP contribution in [0.25, 0.3) is 22.2 Å². The van der Waals surface area contributed by atoms with Gasteiger partial charge in [-0.3, -0.25) is 0 Å². The van der Waals surface area contributed by atoms with Crippen LogP contribution < -0.4 is 20.1 Å². The van der Waals surface area contributed by atoms with Crippen molar-refractivity contribution >= 4 is 39.0 Å². The normalized spacial score (nSPS) is 11.2. The molecule has 7 nitrogen and oxygen atoms in total. The third kappa shape index (κ3) is 7.94. The third-order valence-corrected chi connectivity index (χ3v) is 5.57. The Bertz CT molecular complexity index is 1090. The second-order valence-electron chi connectivity index (χ2n) is 7.35. The molecule has 0 radical (unpaired) electrons. The molecule has 9 heteroatoms. The Kier molecular flexibility index (Phi) is 10.2. The molecule has 0 unspecified atom stereocenters. The number of sulfonamides is 1. The molecule has 0 saturated carbocycles. The zero-order valence-electron chi connectivity index (χ0n) is 18.4. The molecular weight excluding hydrogens is 448 g/mol. The van der Waals surface area contributed by atoms with E-state index in [-0.39, 0.29) is 12.4 Å². The number of benzene rings is 2. The van der Waals surface area contributed by atoms with Crippen LogP contribution in [-0.4, -0.2) is 52.9 Å². The lowest BCUT2D eigenvalue weighted by molar-refractivity contribution is 0.415. The predicted molar refractivity (Wildman–Crippen MR) is 134 cm³/mol. The fourth-order valence-electron chi connectivity index (χ4n) is 3.26. The van der Waals surface area contributed by atoms with Crippen molar-refractivity contribution in [2.75, 3.05) is 44.9 Å². The number of aromatic nitrogens is 1. The summed E-state index contributed by atoms with van der Waals surface area (Å²) in [5.41, 5.74) is 3.97. The summed E-state index contributed by atoms with van der Waals surface area (Å²) in [5.74, 6) is 0.822. The van der Waals surface area contributed by atoms with E-state index in [0.29, 0.717) is 6.54 Å². The fraction of sp³-hybridized carbons (Fsp3) is 0.348. The van der Waals surface area contributed by atoms with Crippen LogP contribution in [0.2, 0.25) is 0 Å². The van der Waals surface area contributed by atoms with Gasteiger partial charge in [-0.2, -0.15) is 0 Å². The Morgan fingerprint density at radius 1 is 0.938 bits per heavy atom. The van der Waals surface area contributed by atoms with Crippen LogP contribution in [0, 0.1) is 0 Å². The van der Waals surface area contributed by atoms with Crippen molar-refractivity contribution in [3.05, 3.63) is 54.6 Å². The van der Waals surface area contributed by atoms with Crippen molar-refractivity contribution in [1.82, 2.24) is 15.0 Å². The number of rotatable bonds is 12. The van der Waals surface area contributed by atoms with Crippen LogP contribution in [0.5, 0.6) is 5.75 Å². The maximum Gasteiger partial charge on any atom is 0.208 e. The Labute approximate surface area is 196 Å². The maximum atomic E-state index is 11.0. The summed E-state index contributed by atoms with van der Waals surface area (Å²) in [4.78, 5) is 4.82. The first-order valence-corrected chi connectivity index (χ1v) is 12.3. The summed E-state index contributed by atoms with van der Waals surface area (Å²) in [5, 5.41) is 7.99. The van der Waals surface area contributed by atoms with E-state index in [4.69, 9.17) is 9.72 Å². The van der Waals surface area contributed by atoms with Gasteiger partial charge in [0.1, 0.15) is 5.75 Å². The lowest BCUT2D eigenvalue weighted by Crippen LogP contribution is -2.27. The number of halogens is 1. The molecule has 0 fully saturated rings. The SMILES string of the molecule is COc1ccc(-c2cc(NCCCNCCCNS(C)(=O)=O)c3ccccc3n2)cc1.Cl. The summed E-state index contributed by atoms with van der Waals surface area (Å²) >= 11 is 0. The van der Waals surface area contributed by atoms with E-state index in [1.165, 1.54) is 6.26 Å². The molecule has 0 amide bonds. The Hall–Kier alpha value is -2.39. The molecule has 0 atom stereocenters. The number of nitrogens with one attached hydrogen (secondary N) is 3. The molecule has 32 heavy (non-hydrogen) atoms. The smallest absolute Gasteiger partial charge is 0.208 e. The highest BCUT2D eigenvalue weighted by Crippen LogP contribution is 2.29. The van der Waals surface area contributed by atoms with Crippen LogP contribution in [0.4, 0.5) is 5.69 Å². The summed E-state index contributed by atoms with van der Waals surface area (Å²) in [6.07, 6.45) is 2.89. The Morgan fingerprint density at radius 3 is 2.31 bits per heavy atom. The van der Waals surface area contributed by atoms with Gasteiger partial charge in [0.15, 0.2) is 0 Å². The number of para-hydroxylation sites is 1. The van der Waals surface area contributed by atoms with Gasteiger partial charge in [0, 0.05) is 29.7 Å². The summed E-state index contributed by atoms with van der Waals surface area (Å²) in [7, 11) is -1.44. The van der Waals surface area contributed by atoms with Crippen LogP contribution in [0.15, 0.2) is 54.6 Å². The first kappa shape index (κ1) is 25.9. The summed E-state index contributed by atoms with van der Waals surface area (Å²) < 4.78 is 29.8. The van der Waals surface area contributed by atoms with Crippen molar-refractivity contribution in [3.8, 4) is 17.0 Å². The molecule has 1 heterocycles. The molecule has 3 rings (SSSR count). The van der Waals surface area contributed by atoms with Gasteiger partial charge < -0.3 is 15.4 Å². The Morgan fingerprint density at radius 2 is 1.62 bits per heavy atom. The molecule has 0 spiro atoms. The zero-order valence-corrected chi connectivity index (χ0v) is 20.1. The first-order chi connectivity index (χ1) is 15.0. The van der Waals surface area contributed by atoms with Gasteiger partial charge in [0.05, 0.1) is 24.6 Å². The van der Waals surface area contributed by atoms with Crippen molar-refractivity contribution < 1.29 is 13.2 Å². The largest absolute Gasteiger partial charge is 0.497 e. The number of hydrogen-bond donors (Lipinski definition) is 3. The van der Waals surface area contributed by atoms with Crippen molar-refractivity contribution in [2.45, 2.75) is 12.8 Å². The van der Waals surface area contributed by atoms with Crippen molar-refractivity contribution in [2.24, 2.45) is 0 Å². The van der Waals surface area contributed by atoms with Crippen molar-refractivity contribution in [3.63, 3.8) is 0 Å². The quantitative estimate of drug-likeness (QED) is 0.344. The lowest BCUT2D eigenvalue weighted by Gasteiger charge is -2.13. The average Bonchev–Trinajstić information content (AvgIpc) is 2.77. The van der Waals surface area contributed by atoms with E-state index in [9.17, 15) is 8.42 Å². The third-order valence-electron chi connectivity index (χ3n) is 4.84. The highest BCUT2D eigenvalue weighted by Gasteiger charge is 2.08. The number of nitrogens with zero attached hydrogens (tertiary/aromatic N) is 1. The number of hydrogen-bond acceptors (Lipinski definition) is 6. The van der Waals surface area contributed by atoms with Gasteiger partial charge in [-0.15, -0.1) is 12.4 Å².